The summed E-state index contributed by atoms with van der Waals surface area (Å²) in [5.41, 5.74) is 1.38. The van der Waals surface area contributed by atoms with Crippen molar-refractivity contribution in [3.05, 3.63) is 41.7 Å². The summed E-state index contributed by atoms with van der Waals surface area (Å²) in [5.74, 6) is -0.177. The largest absolute Gasteiger partial charge is 0.337 e. The molecule has 0 saturated carbocycles. The Kier molecular flexibility index (Phi) is 5.13. The Morgan fingerprint density at radius 3 is 2.22 bits per heavy atom. The van der Waals surface area contributed by atoms with Gasteiger partial charge in [0.15, 0.2) is 11.4 Å². The lowest BCUT2D eigenvalue weighted by atomic mass is 9.94. The van der Waals surface area contributed by atoms with E-state index in [0.717, 1.165) is 37.8 Å². The van der Waals surface area contributed by atoms with Crippen molar-refractivity contribution in [2.24, 2.45) is 0 Å². The van der Waals surface area contributed by atoms with Gasteiger partial charge < -0.3 is 9.80 Å². The molecule has 4 rings (SSSR count). The summed E-state index contributed by atoms with van der Waals surface area (Å²) < 4.78 is 0. The van der Waals surface area contributed by atoms with Crippen molar-refractivity contribution in [2.45, 2.75) is 38.0 Å². The van der Waals surface area contributed by atoms with E-state index in [1.807, 2.05) is 6.07 Å². The van der Waals surface area contributed by atoms with Crippen LogP contribution in [0.15, 0.2) is 24.7 Å². The lowest BCUT2D eigenvalue weighted by molar-refractivity contribution is 0.0665. The summed E-state index contributed by atoms with van der Waals surface area (Å²) in [6, 6.07) is 1.95. The molecule has 27 heavy (non-hydrogen) atoms. The lowest BCUT2D eigenvalue weighted by Gasteiger charge is -2.32. The van der Waals surface area contributed by atoms with Crippen LogP contribution in [0.4, 0.5) is 0 Å². The highest BCUT2D eigenvalue weighted by molar-refractivity contribution is 6.04. The number of likely N-dealkylation sites (tertiary alicyclic amines) is 2. The van der Waals surface area contributed by atoms with Crippen LogP contribution in [-0.4, -0.2) is 68.0 Å². The van der Waals surface area contributed by atoms with Crippen LogP contribution in [0.25, 0.3) is 0 Å². The van der Waals surface area contributed by atoms with Gasteiger partial charge in [0.05, 0.1) is 0 Å². The van der Waals surface area contributed by atoms with Gasteiger partial charge in [0.2, 0.25) is 0 Å². The summed E-state index contributed by atoms with van der Waals surface area (Å²) >= 11 is 0. The van der Waals surface area contributed by atoms with E-state index in [4.69, 9.17) is 0 Å². The molecule has 1 N–H and O–H groups in total. The molecule has 8 nitrogen and oxygen atoms in total. The Morgan fingerprint density at radius 2 is 1.56 bits per heavy atom. The molecular weight excluding hydrogens is 344 g/mol. The predicted octanol–water partition coefficient (Wildman–Crippen LogP) is 1.85. The van der Waals surface area contributed by atoms with Gasteiger partial charge in [-0.1, -0.05) is 0 Å². The molecule has 2 aromatic heterocycles. The van der Waals surface area contributed by atoms with Crippen LogP contribution in [0.3, 0.4) is 0 Å². The Labute approximate surface area is 158 Å². The number of hydrogen-bond donors (Lipinski definition) is 1. The Morgan fingerprint density at radius 1 is 0.889 bits per heavy atom. The van der Waals surface area contributed by atoms with Crippen LogP contribution in [0, 0.1) is 0 Å². The van der Waals surface area contributed by atoms with Crippen LogP contribution in [-0.2, 0) is 0 Å². The van der Waals surface area contributed by atoms with E-state index in [1.165, 1.54) is 12.4 Å². The first-order valence-corrected chi connectivity index (χ1v) is 9.63. The molecular formula is C19H24N6O2. The van der Waals surface area contributed by atoms with E-state index >= 15 is 0 Å². The summed E-state index contributed by atoms with van der Waals surface area (Å²) in [7, 11) is 0. The third-order valence-corrected chi connectivity index (χ3v) is 5.42. The second-order valence-corrected chi connectivity index (χ2v) is 7.21. The van der Waals surface area contributed by atoms with Gasteiger partial charge in [-0.25, -0.2) is 9.97 Å². The Bertz CT molecular complexity index is 800. The second-order valence-electron chi connectivity index (χ2n) is 7.21. The second kappa shape index (κ2) is 7.85. The maximum Gasteiger partial charge on any atom is 0.274 e. The van der Waals surface area contributed by atoms with Gasteiger partial charge >= 0.3 is 0 Å². The molecule has 2 amide bonds. The van der Waals surface area contributed by atoms with Gasteiger partial charge in [-0.2, -0.15) is 5.10 Å². The number of nitrogens with zero attached hydrogens (tertiary/aromatic N) is 5. The number of carbonyl (C=O) groups excluding carboxylic acids is 2. The van der Waals surface area contributed by atoms with Crippen molar-refractivity contribution in [1.29, 1.82) is 0 Å². The van der Waals surface area contributed by atoms with Crippen molar-refractivity contribution in [3.63, 3.8) is 0 Å². The molecule has 2 aliphatic rings. The molecule has 2 fully saturated rings. The zero-order valence-corrected chi connectivity index (χ0v) is 15.3. The van der Waals surface area contributed by atoms with Gasteiger partial charge in [-0.3, -0.25) is 14.7 Å². The van der Waals surface area contributed by atoms with Crippen LogP contribution < -0.4 is 0 Å². The van der Waals surface area contributed by atoms with Crippen LogP contribution in [0.2, 0.25) is 0 Å². The third-order valence-electron chi connectivity index (χ3n) is 5.42. The molecule has 4 heterocycles. The number of H-pyrrole nitrogens is 1. The van der Waals surface area contributed by atoms with Gasteiger partial charge in [0.25, 0.3) is 11.8 Å². The van der Waals surface area contributed by atoms with Gasteiger partial charge in [0.1, 0.15) is 0 Å². The van der Waals surface area contributed by atoms with E-state index in [1.54, 1.807) is 16.0 Å². The Hall–Kier alpha value is -2.77. The SMILES string of the molecule is O=C(c1nccnc1C(=O)N1CCCC(c2ccn[nH]2)C1)N1CCCCC1. The minimum Gasteiger partial charge on any atom is -0.337 e. The summed E-state index contributed by atoms with van der Waals surface area (Å²) in [4.78, 5) is 38.1. The normalized spacial score (nSPS) is 20.5. The van der Waals surface area contributed by atoms with Crippen molar-refractivity contribution in [3.8, 4) is 0 Å². The molecule has 2 aliphatic heterocycles. The number of nitrogens with one attached hydrogen (secondary N) is 1. The number of hydrogen-bond acceptors (Lipinski definition) is 5. The fraction of sp³-hybridized carbons (Fsp3) is 0.526. The monoisotopic (exact) mass is 368 g/mol. The maximum absolute atomic E-state index is 13.1. The summed E-state index contributed by atoms with van der Waals surface area (Å²) in [6.45, 7) is 2.69. The van der Waals surface area contributed by atoms with Crippen molar-refractivity contribution in [2.75, 3.05) is 26.2 Å². The zero-order valence-electron chi connectivity index (χ0n) is 15.3. The topological polar surface area (TPSA) is 95.1 Å². The molecule has 8 heteroatoms. The molecule has 0 spiro atoms. The first-order chi connectivity index (χ1) is 13.2. The van der Waals surface area contributed by atoms with Crippen molar-refractivity contribution < 1.29 is 9.59 Å². The molecule has 2 aromatic rings. The fourth-order valence-corrected chi connectivity index (χ4v) is 3.96. The maximum atomic E-state index is 13.1. The first kappa shape index (κ1) is 17.6. The molecule has 0 bridgehead atoms. The average Bonchev–Trinajstić information content (AvgIpc) is 3.28. The number of aromatic amines is 1. The highest BCUT2D eigenvalue weighted by Crippen LogP contribution is 2.26. The number of amides is 2. The standard InChI is InChI=1S/C19H24N6O2/c26-18(24-10-2-1-3-11-24)16-17(21-9-8-20-16)19(27)25-12-4-5-14(13-25)15-6-7-22-23-15/h6-9,14H,1-5,10-13H2,(H,22,23). The van der Waals surface area contributed by atoms with E-state index in [-0.39, 0.29) is 29.1 Å². The Balaban J connectivity index is 1.54. The molecule has 142 valence electrons. The van der Waals surface area contributed by atoms with Gasteiger partial charge in [-0.15, -0.1) is 0 Å². The number of aromatic nitrogens is 4. The number of piperidine rings is 2. The van der Waals surface area contributed by atoms with Crippen LogP contribution in [0.1, 0.15) is 64.7 Å². The van der Waals surface area contributed by atoms with E-state index in [0.29, 0.717) is 26.2 Å². The predicted molar refractivity (Wildman–Crippen MR) is 98.3 cm³/mol. The molecule has 0 aromatic carbocycles. The van der Waals surface area contributed by atoms with E-state index < -0.39 is 0 Å². The quantitative estimate of drug-likeness (QED) is 0.892. The average molecular weight is 368 g/mol. The number of carbonyl (C=O) groups is 2. The van der Waals surface area contributed by atoms with Gasteiger partial charge in [-0.05, 0) is 38.2 Å². The first-order valence-electron chi connectivity index (χ1n) is 9.63. The molecule has 0 aliphatic carbocycles. The van der Waals surface area contributed by atoms with Crippen molar-refractivity contribution >= 4 is 11.8 Å². The summed E-state index contributed by atoms with van der Waals surface area (Å²) in [6.07, 6.45) is 9.73. The zero-order chi connectivity index (χ0) is 18.6. The highest BCUT2D eigenvalue weighted by atomic mass is 16.2. The molecule has 1 atom stereocenters. The van der Waals surface area contributed by atoms with E-state index in [2.05, 4.69) is 20.2 Å². The number of rotatable bonds is 3. The van der Waals surface area contributed by atoms with Crippen molar-refractivity contribution in [1.82, 2.24) is 30.0 Å². The van der Waals surface area contributed by atoms with Crippen LogP contribution >= 0.6 is 0 Å². The molecule has 0 radical (unpaired) electrons. The van der Waals surface area contributed by atoms with Crippen LogP contribution in [0.5, 0.6) is 0 Å². The van der Waals surface area contributed by atoms with E-state index in [9.17, 15) is 9.59 Å². The third kappa shape index (κ3) is 3.70. The molecule has 1 unspecified atom stereocenters. The summed E-state index contributed by atoms with van der Waals surface area (Å²) in [5, 5.41) is 7.02. The minimum atomic E-state index is -0.215. The minimum absolute atomic E-state index is 0.165. The highest BCUT2D eigenvalue weighted by Gasteiger charge is 2.31. The smallest absolute Gasteiger partial charge is 0.274 e. The van der Waals surface area contributed by atoms with Gasteiger partial charge in [0, 0.05) is 56.4 Å². The fourth-order valence-electron chi connectivity index (χ4n) is 3.96. The lowest BCUT2D eigenvalue weighted by Crippen LogP contribution is -2.42. The molecule has 2 saturated heterocycles.